The third kappa shape index (κ3) is 1.90. The van der Waals surface area contributed by atoms with Gasteiger partial charge in [-0.2, -0.15) is 0 Å². The monoisotopic (exact) mass is 247 g/mol. The first-order valence-electron chi connectivity index (χ1n) is 3.82. The zero-order valence-electron chi connectivity index (χ0n) is 7.13. The third-order valence-electron chi connectivity index (χ3n) is 1.93. The highest BCUT2D eigenvalue weighted by atomic mass is 35.5. The number of rotatable bonds is 0. The normalized spacial score (nSPS) is 9.86. The van der Waals surface area contributed by atoms with Crippen LogP contribution in [0.15, 0.2) is 30.3 Å². The van der Waals surface area contributed by atoms with E-state index in [1.165, 1.54) is 0 Å². The van der Waals surface area contributed by atoms with Crippen LogP contribution in [0.3, 0.4) is 0 Å². The highest BCUT2D eigenvalue weighted by molar-refractivity contribution is 6.40. The van der Waals surface area contributed by atoms with E-state index < -0.39 is 0 Å². The summed E-state index contributed by atoms with van der Waals surface area (Å²) in [6.07, 6.45) is 0. The minimum Gasteiger partial charge on any atom is -0.399 e. The zero-order chi connectivity index (χ0) is 9.42. The third-order valence-corrected chi connectivity index (χ3v) is 2.59. The standard InChI is InChI=1S/C10H7Cl2N.ClH/c11-9-3-4-10(12)8-5-6(13)1-2-7(8)9;/h1-5H,13H2;1H. The van der Waals surface area contributed by atoms with Crippen molar-refractivity contribution in [2.75, 3.05) is 5.73 Å². The lowest BCUT2D eigenvalue weighted by Crippen LogP contribution is -1.84. The summed E-state index contributed by atoms with van der Waals surface area (Å²) in [5.74, 6) is 0. The average molecular weight is 249 g/mol. The first-order chi connectivity index (χ1) is 6.18. The Kier molecular flexibility index (Phi) is 3.48. The van der Waals surface area contributed by atoms with E-state index in [0.29, 0.717) is 15.7 Å². The van der Waals surface area contributed by atoms with Gasteiger partial charge >= 0.3 is 0 Å². The van der Waals surface area contributed by atoms with Crippen LogP contribution in [0.5, 0.6) is 0 Å². The summed E-state index contributed by atoms with van der Waals surface area (Å²) in [5, 5.41) is 3.20. The average Bonchev–Trinajstić information content (AvgIpc) is 2.12. The molecule has 0 heterocycles. The number of nitrogens with two attached hydrogens (primary N) is 1. The summed E-state index contributed by atoms with van der Waals surface area (Å²) < 4.78 is 0. The lowest BCUT2D eigenvalue weighted by Gasteiger charge is -2.03. The second-order valence-electron chi connectivity index (χ2n) is 2.83. The molecule has 4 heteroatoms. The fraction of sp³-hybridized carbons (Fsp3) is 0. The fourth-order valence-electron chi connectivity index (χ4n) is 1.29. The molecule has 0 spiro atoms. The van der Waals surface area contributed by atoms with Crippen LogP contribution in [0.2, 0.25) is 10.0 Å². The molecule has 0 aliphatic carbocycles. The molecule has 0 saturated heterocycles. The molecule has 0 amide bonds. The van der Waals surface area contributed by atoms with Gasteiger partial charge in [0.15, 0.2) is 0 Å². The molecule has 0 atom stereocenters. The Hall–Kier alpha value is -0.630. The highest BCUT2D eigenvalue weighted by Crippen LogP contribution is 2.30. The minimum atomic E-state index is 0. The van der Waals surface area contributed by atoms with Crippen LogP contribution in [0.25, 0.3) is 10.8 Å². The molecule has 0 bridgehead atoms. The molecule has 0 radical (unpaired) electrons. The van der Waals surface area contributed by atoms with Crippen molar-refractivity contribution in [3.8, 4) is 0 Å². The first-order valence-corrected chi connectivity index (χ1v) is 4.57. The van der Waals surface area contributed by atoms with Gasteiger partial charge in [-0.1, -0.05) is 29.3 Å². The van der Waals surface area contributed by atoms with Crippen molar-refractivity contribution in [1.29, 1.82) is 0 Å². The summed E-state index contributed by atoms with van der Waals surface area (Å²) >= 11 is 12.0. The Labute approximate surface area is 98.2 Å². The Morgan fingerprint density at radius 1 is 0.857 bits per heavy atom. The molecule has 0 aliphatic heterocycles. The van der Waals surface area contributed by atoms with Crippen molar-refractivity contribution in [3.05, 3.63) is 40.4 Å². The van der Waals surface area contributed by atoms with E-state index in [0.717, 1.165) is 10.8 Å². The van der Waals surface area contributed by atoms with Crippen molar-refractivity contribution in [2.24, 2.45) is 0 Å². The largest absolute Gasteiger partial charge is 0.399 e. The molecule has 0 fully saturated rings. The summed E-state index contributed by atoms with van der Waals surface area (Å²) in [6.45, 7) is 0. The van der Waals surface area contributed by atoms with Crippen LogP contribution >= 0.6 is 35.6 Å². The topological polar surface area (TPSA) is 26.0 Å². The Bertz CT molecular complexity index is 468. The Balaban J connectivity index is 0.000000980. The van der Waals surface area contributed by atoms with E-state index in [4.69, 9.17) is 28.9 Å². The van der Waals surface area contributed by atoms with E-state index in [2.05, 4.69) is 0 Å². The second kappa shape index (κ2) is 4.26. The molecule has 0 aromatic heterocycles. The summed E-state index contributed by atoms with van der Waals surface area (Å²) in [4.78, 5) is 0. The maximum absolute atomic E-state index is 5.99. The number of hydrogen-bond acceptors (Lipinski definition) is 1. The zero-order valence-corrected chi connectivity index (χ0v) is 9.46. The number of anilines is 1. The Morgan fingerprint density at radius 2 is 1.43 bits per heavy atom. The van der Waals surface area contributed by atoms with Crippen molar-refractivity contribution >= 4 is 52.1 Å². The van der Waals surface area contributed by atoms with E-state index in [1.54, 1.807) is 12.1 Å². The first kappa shape index (κ1) is 11.4. The molecule has 0 saturated carbocycles. The van der Waals surface area contributed by atoms with Crippen LogP contribution < -0.4 is 5.73 Å². The molecule has 14 heavy (non-hydrogen) atoms. The molecular weight excluding hydrogens is 240 g/mol. The SMILES string of the molecule is Cl.Nc1ccc2c(Cl)ccc(Cl)c2c1. The van der Waals surface area contributed by atoms with Gasteiger partial charge in [-0.15, -0.1) is 12.4 Å². The van der Waals surface area contributed by atoms with E-state index in [9.17, 15) is 0 Å². The van der Waals surface area contributed by atoms with Gasteiger partial charge in [0.25, 0.3) is 0 Å². The van der Waals surface area contributed by atoms with Crippen molar-refractivity contribution in [2.45, 2.75) is 0 Å². The Morgan fingerprint density at radius 3 is 2.07 bits per heavy atom. The lowest BCUT2D eigenvalue weighted by molar-refractivity contribution is 1.72. The molecule has 2 aromatic rings. The van der Waals surface area contributed by atoms with Gasteiger partial charge in [0.05, 0.1) is 0 Å². The lowest BCUT2D eigenvalue weighted by atomic mass is 10.1. The molecular formula is C10H8Cl3N. The summed E-state index contributed by atoms with van der Waals surface area (Å²) in [5.41, 5.74) is 6.33. The second-order valence-corrected chi connectivity index (χ2v) is 3.65. The predicted molar refractivity (Wildman–Crippen MR) is 65.6 cm³/mol. The summed E-state index contributed by atoms with van der Waals surface area (Å²) in [6, 6.07) is 9.06. The predicted octanol–water partition coefficient (Wildman–Crippen LogP) is 4.15. The van der Waals surface area contributed by atoms with E-state index >= 15 is 0 Å². The van der Waals surface area contributed by atoms with E-state index in [1.807, 2.05) is 18.2 Å². The van der Waals surface area contributed by atoms with Crippen LogP contribution in [0, 0.1) is 0 Å². The maximum Gasteiger partial charge on any atom is 0.0486 e. The van der Waals surface area contributed by atoms with Gasteiger partial charge in [0.2, 0.25) is 0 Å². The molecule has 0 unspecified atom stereocenters. The van der Waals surface area contributed by atoms with Gasteiger partial charge in [-0.3, -0.25) is 0 Å². The highest BCUT2D eigenvalue weighted by Gasteiger charge is 2.02. The number of benzene rings is 2. The van der Waals surface area contributed by atoms with Gasteiger partial charge in [0.1, 0.15) is 0 Å². The van der Waals surface area contributed by atoms with Gasteiger partial charge in [-0.05, 0) is 24.3 Å². The molecule has 2 N–H and O–H groups in total. The van der Waals surface area contributed by atoms with Crippen molar-refractivity contribution in [1.82, 2.24) is 0 Å². The molecule has 74 valence electrons. The fourth-order valence-corrected chi connectivity index (χ4v) is 1.74. The smallest absolute Gasteiger partial charge is 0.0486 e. The van der Waals surface area contributed by atoms with Crippen LogP contribution in [0.1, 0.15) is 0 Å². The van der Waals surface area contributed by atoms with Gasteiger partial charge in [0, 0.05) is 26.5 Å². The molecule has 0 aliphatic rings. The number of nitrogen functional groups attached to an aromatic ring is 1. The van der Waals surface area contributed by atoms with Gasteiger partial charge < -0.3 is 5.73 Å². The van der Waals surface area contributed by atoms with Crippen LogP contribution in [0.4, 0.5) is 5.69 Å². The van der Waals surface area contributed by atoms with Crippen molar-refractivity contribution < 1.29 is 0 Å². The summed E-state index contributed by atoms with van der Waals surface area (Å²) in [7, 11) is 0. The van der Waals surface area contributed by atoms with E-state index in [-0.39, 0.29) is 12.4 Å². The minimum absolute atomic E-state index is 0. The molecule has 2 rings (SSSR count). The van der Waals surface area contributed by atoms with Crippen molar-refractivity contribution in [3.63, 3.8) is 0 Å². The number of fused-ring (bicyclic) bond motifs is 1. The molecule has 1 nitrogen and oxygen atoms in total. The quantitative estimate of drug-likeness (QED) is 0.696. The van der Waals surface area contributed by atoms with Crippen LogP contribution in [-0.4, -0.2) is 0 Å². The number of halogens is 3. The molecule has 2 aromatic carbocycles. The maximum atomic E-state index is 5.99. The number of hydrogen-bond donors (Lipinski definition) is 1. The van der Waals surface area contributed by atoms with Crippen LogP contribution in [-0.2, 0) is 0 Å². The van der Waals surface area contributed by atoms with Gasteiger partial charge in [-0.25, -0.2) is 0 Å².